The average Bonchev–Trinajstić information content (AvgIpc) is 3.02. The number of hydrogen-bond donors (Lipinski definition) is 3. The number of fused-ring (bicyclic) bond motifs is 3. The second kappa shape index (κ2) is 7.85. The molecule has 9 heteroatoms. The summed E-state index contributed by atoms with van der Waals surface area (Å²) in [6.07, 6.45) is -1.15. The van der Waals surface area contributed by atoms with Crippen molar-refractivity contribution in [1.29, 1.82) is 0 Å². The van der Waals surface area contributed by atoms with E-state index >= 15 is 0 Å². The van der Waals surface area contributed by atoms with Gasteiger partial charge in [-0.2, -0.15) is 0 Å². The van der Waals surface area contributed by atoms with Crippen LogP contribution in [0.3, 0.4) is 0 Å². The molecular weight excluding hydrogens is 396 g/mol. The Bertz CT molecular complexity index is 1060. The lowest BCUT2D eigenvalue weighted by molar-refractivity contribution is -0.120. The monoisotopic (exact) mass is 415 g/mol. The van der Waals surface area contributed by atoms with Crippen LogP contribution >= 0.6 is 0 Å². The minimum atomic E-state index is -1.19. The molecule has 0 bridgehead atoms. The van der Waals surface area contributed by atoms with Gasteiger partial charge in [0.25, 0.3) is 5.91 Å². The zero-order valence-corrected chi connectivity index (χ0v) is 15.8. The van der Waals surface area contributed by atoms with Crippen molar-refractivity contribution in [2.24, 2.45) is 0 Å². The van der Waals surface area contributed by atoms with Crippen LogP contribution in [-0.4, -0.2) is 47.7 Å². The number of para-hydroxylation sites is 1. The number of Topliss-reactive ketones (excluding diaryl/α,β-unsaturated/α-hetero) is 1. The van der Waals surface area contributed by atoms with Crippen molar-refractivity contribution in [3.63, 3.8) is 0 Å². The largest absolute Gasteiger partial charge is 0.394 e. The highest BCUT2D eigenvalue weighted by Crippen LogP contribution is 2.45. The molecule has 2 aliphatic rings. The van der Waals surface area contributed by atoms with E-state index in [-0.39, 0.29) is 36.6 Å². The smallest absolute Gasteiger partial charge is 0.263 e. The highest BCUT2D eigenvalue weighted by Gasteiger charge is 2.41. The lowest BCUT2D eigenvalue weighted by Crippen LogP contribution is -2.43. The Morgan fingerprint density at radius 3 is 2.67 bits per heavy atom. The second-order valence-corrected chi connectivity index (χ2v) is 7.04. The van der Waals surface area contributed by atoms with E-state index < -0.39 is 36.0 Å². The lowest BCUT2D eigenvalue weighted by Gasteiger charge is -2.31. The normalized spacial score (nSPS) is 16.5. The first-order valence-electron chi connectivity index (χ1n) is 9.37. The van der Waals surface area contributed by atoms with Gasteiger partial charge in [0.15, 0.2) is 5.78 Å². The Morgan fingerprint density at radius 1 is 1.17 bits per heavy atom. The Balaban J connectivity index is 1.82. The average molecular weight is 415 g/mol. The summed E-state index contributed by atoms with van der Waals surface area (Å²) in [5.41, 5.74) is 0.638. The number of rotatable bonds is 5. The van der Waals surface area contributed by atoms with Gasteiger partial charge in [-0.1, -0.05) is 12.1 Å². The first kappa shape index (κ1) is 20.0. The number of ketones is 1. The van der Waals surface area contributed by atoms with Crippen molar-refractivity contribution in [2.75, 3.05) is 34.8 Å². The molecule has 7 nitrogen and oxygen atoms in total. The number of carbonyl (C=O) groups excluding carboxylic acids is 2. The summed E-state index contributed by atoms with van der Waals surface area (Å²) in [6, 6.07) is 9.60. The molecule has 1 unspecified atom stereocenters. The van der Waals surface area contributed by atoms with E-state index in [0.29, 0.717) is 11.4 Å². The topological polar surface area (TPSA) is 93.1 Å². The van der Waals surface area contributed by atoms with E-state index in [2.05, 4.69) is 5.32 Å². The van der Waals surface area contributed by atoms with Gasteiger partial charge in [0.1, 0.15) is 23.0 Å². The van der Waals surface area contributed by atoms with Gasteiger partial charge < -0.3 is 25.3 Å². The zero-order valence-electron chi connectivity index (χ0n) is 15.8. The van der Waals surface area contributed by atoms with E-state index in [1.807, 2.05) is 0 Å². The molecule has 1 atom stereocenters. The molecule has 0 aliphatic carbocycles. The number of benzene rings is 2. The fourth-order valence-electron chi connectivity index (χ4n) is 3.70. The summed E-state index contributed by atoms with van der Waals surface area (Å²) in [4.78, 5) is 28.8. The Hall–Kier alpha value is -3.30. The van der Waals surface area contributed by atoms with Crippen LogP contribution in [0, 0.1) is 11.6 Å². The first-order valence-corrected chi connectivity index (χ1v) is 9.37. The molecular formula is C21H19F2N3O4. The summed E-state index contributed by atoms with van der Waals surface area (Å²) in [5.74, 6) is -2.26. The van der Waals surface area contributed by atoms with Gasteiger partial charge in [0.2, 0.25) is 0 Å². The molecule has 2 aromatic rings. The summed E-state index contributed by atoms with van der Waals surface area (Å²) in [6.45, 7) is -0.462. The Labute approximate surface area is 170 Å². The maximum Gasteiger partial charge on any atom is 0.263 e. The highest BCUT2D eigenvalue weighted by atomic mass is 19.1. The number of nitrogens with zero attached hydrogens (tertiary/aromatic N) is 2. The first-order chi connectivity index (χ1) is 14.4. The molecule has 0 spiro atoms. The number of halogens is 2. The van der Waals surface area contributed by atoms with Crippen molar-refractivity contribution in [2.45, 2.75) is 12.5 Å². The Kier molecular flexibility index (Phi) is 5.23. The van der Waals surface area contributed by atoms with Crippen LogP contribution < -0.4 is 15.1 Å². The van der Waals surface area contributed by atoms with Gasteiger partial charge in [-0.3, -0.25) is 9.59 Å². The van der Waals surface area contributed by atoms with Crippen molar-refractivity contribution in [1.82, 2.24) is 0 Å². The minimum Gasteiger partial charge on any atom is -0.394 e. The standard InChI is InChI=1S/C21H19F2N3O4/c22-12-5-6-16-17(9-12)26(10-13(28)11-27)21-19(18(29)7-8-25(16)21)20(30)24-15-4-2-1-3-14(15)23/h1-6,9,13,27-28H,7-8,10-11H2,(H,24,30). The van der Waals surface area contributed by atoms with Gasteiger partial charge in [-0.25, -0.2) is 8.78 Å². The molecule has 3 N–H and O–H groups in total. The zero-order chi connectivity index (χ0) is 21.4. The van der Waals surface area contributed by atoms with Crippen molar-refractivity contribution >= 4 is 28.8 Å². The number of amides is 1. The molecule has 0 fully saturated rings. The van der Waals surface area contributed by atoms with Crippen LogP contribution in [0.2, 0.25) is 0 Å². The maximum absolute atomic E-state index is 14.0. The number of nitrogens with one attached hydrogen (secondary N) is 1. The third-order valence-corrected chi connectivity index (χ3v) is 5.05. The summed E-state index contributed by atoms with van der Waals surface area (Å²) < 4.78 is 27.9. The number of carbonyl (C=O) groups is 2. The molecule has 2 heterocycles. The second-order valence-electron chi connectivity index (χ2n) is 7.04. The number of anilines is 3. The third kappa shape index (κ3) is 3.42. The number of aliphatic hydroxyl groups is 2. The van der Waals surface area contributed by atoms with Crippen molar-refractivity contribution in [3.05, 3.63) is 65.5 Å². The molecule has 2 aliphatic heterocycles. The molecule has 0 saturated heterocycles. The molecule has 156 valence electrons. The van der Waals surface area contributed by atoms with Crippen LogP contribution in [0.5, 0.6) is 0 Å². The molecule has 30 heavy (non-hydrogen) atoms. The third-order valence-electron chi connectivity index (χ3n) is 5.05. The molecule has 1 amide bonds. The van der Waals surface area contributed by atoms with E-state index in [9.17, 15) is 28.6 Å². The quantitative estimate of drug-likeness (QED) is 0.645. The van der Waals surface area contributed by atoms with Gasteiger partial charge in [-0.05, 0) is 30.3 Å². The molecule has 2 aromatic carbocycles. The Morgan fingerprint density at radius 2 is 1.93 bits per heavy atom. The van der Waals surface area contributed by atoms with Crippen LogP contribution in [0.25, 0.3) is 0 Å². The highest BCUT2D eigenvalue weighted by molar-refractivity contribution is 6.25. The molecule has 0 saturated carbocycles. The van der Waals surface area contributed by atoms with E-state index in [1.54, 1.807) is 11.0 Å². The van der Waals surface area contributed by atoms with Crippen LogP contribution in [-0.2, 0) is 9.59 Å². The summed E-state index contributed by atoms with van der Waals surface area (Å²) >= 11 is 0. The fourth-order valence-corrected chi connectivity index (χ4v) is 3.70. The van der Waals surface area contributed by atoms with Gasteiger partial charge in [0, 0.05) is 13.0 Å². The van der Waals surface area contributed by atoms with E-state index in [1.165, 1.54) is 41.3 Å². The van der Waals surface area contributed by atoms with Gasteiger partial charge >= 0.3 is 0 Å². The van der Waals surface area contributed by atoms with Crippen LogP contribution in [0.15, 0.2) is 53.9 Å². The van der Waals surface area contributed by atoms with Crippen molar-refractivity contribution in [3.8, 4) is 0 Å². The number of β-amino-alcohol motifs (C(OH)–C–C–N with tert-alkyl or cyclic N) is 1. The van der Waals surface area contributed by atoms with E-state index in [0.717, 1.165) is 0 Å². The summed E-state index contributed by atoms with van der Waals surface area (Å²) in [7, 11) is 0. The molecule has 0 radical (unpaired) electrons. The maximum atomic E-state index is 14.0. The number of aliphatic hydroxyl groups excluding tert-OH is 2. The summed E-state index contributed by atoms with van der Waals surface area (Å²) in [5, 5.41) is 21.7. The SMILES string of the molecule is O=C1CCN2C(=C1C(=O)Nc1ccccc1F)N(CC(O)CO)c1cc(F)ccc12. The number of hydrogen-bond acceptors (Lipinski definition) is 6. The van der Waals surface area contributed by atoms with Crippen LogP contribution in [0.4, 0.5) is 25.8 Å². The molecule has 0 aromatic heterocycles. The lowest BCUT2D eigenvalue weighted by atomic mass is 10.0. The predicted octanol–water partition coefficient (Wildman–Crippen LogP) is 1.77. The fraction of sp³-hybridized carbons (Fsp3) is 0.238. The van der Waals surface area contributed by atoms with Gasteiger partial charge in [0.05, 0.1) is 36.3 Å². The molecule has 4 rings (SSSR count). The minimum absolute atomic E-state index is 0.0384. The predicted molar refractivity (Wildman–Crippen MR) is 106 cm³/mol. The van der Waals surface area contributed by atoms with Crippen LogP contribution in [0.1, 0.15) is 6.42 Å². The van der Waals surface area contributed by atoms with Crippen molar-refractivity contribution < 1.29 is 28.6 Å². The van der Waals surface area contributed by atoms with Gasteiger partial charge in [-0.15, -0.1) is 0 Å². The van der Waals surface area contributed by atoms with E-state index in [4.69, 9.17) is 0 Å².